The van der Waals surface area contributed by atoms with E-state index in [1.54, 1.807) is 61.9 Å². The SMILES string of the molecule is CB1OB(C)OB(C)O1.COc1ccc(Cn2nc(Oc3ccnc(C)c3Cl)c3ncc(N4CCC5(CC4)Cc4ccccc4[C@H]5NC(=O)OC(C)(C)C)nc32)cc1.COc1ccc(Cn2nc(Oc3ccnc(Cl)c3Cl)c3ncc(N4CCC5(CC4)Cc4ccccc4[C@H]5NC(=O)OC(C)(C)C)nc32)cc1.Cc1nccc(OC2=NCc3nc(N4CCC5(CC4)Cc4ccccc4[C@H]5N)cnc32)c1Cl. The molecular weight excluding hydrogens is 1860 g/mol. The minimum atomic E-state index is -0.585. The van der Waals surface area contributed by atoms with Gasteiger partial charge in [-0.15, -0.1) is 10.2 Å². The lowest BCUT2D eigenvalue weighted by Gasteiger charge is -2.43. The number of halogens is 4. The Hall–Kier alpha value is -12.5. The van der Waals surface area contributed by atoms with E-state index >= 15 is 0 Å². The first kappa shape index (κ1) is 97.7. The number of nitrogens with two attached hydrogens (primary N) is 1. The predicted octanol–water partition coefficient (Wildman–Crippen LogP) is 19.6. The number of amides is 2. The van der Waals surface area contributed by atoms with Crippen molar-refractivity contribution in [2.24, 2.45) is 27.0 Å². The fourth-order valence-corrected chi connectivity index (χ4v) is 20.6. The summed E-state index contributed by atoms with van der Waals surface area (Å²) in [6.45, 7) is 26.7. The van der Waals surface area contributed by atoms with Crippen molar-refractivity contribution in [1.29, 1.82) is 0 Å². The monoisotopic (exact) mass is 1970 g/mol. The lowest BCUT2D eigenvalue weighted by Crippen LogP contribution is -2.48. The van der Waals surface area contributed by atoms with Gasteiger partial charge in [0.2, 0.25) is 5.90 Å². The van der Waals surface area contributed by atoms with Gasteiger partial charge in [0.25, 0.3) is 11.8 Å². The molecule has 0 radical (unpaired) electrons. The molecule has 0 bridgehead atoms. The molecule has 0 unspecified atom stereocenters. The number of aliphatic imine (C=N–C) groups is 1. The second-order valence-corrected chi connectivity index (χ2v) is 40.1. The molecule has 0 saturated carbocycles. The molecule has 4 saturated heterocycles. The number of hydrogen-bond acceptors (Lipinski definition) is 28. The van der Waals surface area contributed by atoms with Crippen molar-refractivity contribution in [3.8, 4) is 40.5 Å². The van der Waals surface area contributed by atoms with Gasteiger partial charge in [0.1, 0.15) is 60.9 Å². The maximum atomic E-state index is 13.0. The maximum absolute atomic E-state index is 13.0. The molecule has 724 valence electrons. The van der Waals surface area contributed by atoms with Crippen LogP contribution in [0.1, 0.15) is 165 Å². The zero-order chi connectivity index (χ0) is 98.1. The predicted molar refractivity (Wildman–Crippen MR) is 541 cm³/mol. The second kappa shape index (κ2) is 41.0. The number of alkyl carbamates (subject to hydrolysis) is 2. The Bertz CT molecular complexity index is 6440. The van der Waals surface area contributed by atoms with Crippen LogP contribution in [0.4, 0.5) is 27.0 Å². The van der Waals surface area contributed by atoms with Gasteiger partial charge >= 0.3 is 33.5 Å². The smallest absolute Gasteiger partial charge is 0.426 e. The molecule has 3 aliphatic carbocycles. The molecule has 140 heavy (non-hydrogen) atoms. The first-order valence-corrected chi connectivity index (χ1v) is 48.7. The van der Waals surface area contributed by atoms with Gasteiger partial charge in [0.15, 0.2) is 44.7 Å². The zero-order valence-electron chi connectivity index (χ0n) is 80.5. The first-order chi connectivity index (χ1) is 67.2. The van der Waals surface area contributed by atoms with E-state index in [2.05, 4.69) is 111 Å². The minimum absolute atomic E-state index is 0.110. The summed E-state index contributed by atoms with van der Waals surface area (Å²) in [6, 6.07) is 45.9. The van der Waals surface area contributed by atoms with Crippen molar-refractivity contribution in [2.75, 3.05) is 68.2 Å². The molecule has 13 heterocycles. The van der Waals surface area contributed by atoms with Crippen LogP contribution in [0.2, 0.25) is 40.7 Å². The van der Waals surface area contributed by atoms with Crippen LogP contribution < -0.4 is 54.8 Å². The van der Waals surface area contributed by atoms with Gasteiger partial charge in [-0.25, -0.2) is 58.8 Å². The second-order valence-electron chi connectivity index (χ2n) is 38.6. The molecule has 13 aromatic rings. The van der Waals surface area contributed by atoms with Gasteiger partial charge in [-0.05, 0) is 208 Å². The maximum Gasteiger partial charge on any atom is 0.426 e. The van der Waals surface area contributed by atoms with Gasteiger partial charge in [0.05, 0.1) is 81.6 Å². The van der Waals surface area contributed by atoms with Crippen LogP contribution in [0, 0.1) is 30.1 Å². The summed E-state index contributed by atoms with van der Waals surface area (Å²) in [7, 11) is 2.88. The minimum Gasteiger partial charge on any atom is -0.497 e. The van der Waals surface area contributed by atoms with E-state index in [1.807, 2.05) is 147 Å². The summed E-state index contributed by atoms with van der Waals surface area (Å²) in [5.74, 6) is 6.23. The average Bonchev–Trinajstić information content (AvgIpc) is 1.58. The number of aromatic nitrogens is 13. The number of anilines is 3. The van der Waals surface area contributed by atoms with E-state index in [9.17, 15) is 9.59 Å². The van der Waals surface area contributed by atoms with Crippen LogP contribution in [-0.2, 0) is 62.1 Å². The third kappa shape index (κ3) is 21.4. The van der Waals surface area contributed by atoms with E-state index in [0.29, 0.717) is 98.1 Å². The molecule has 5 aliphatic heterocycles. The Balaban J connectivity index is 0.000000135. The quantitative estimate of drug-likeness (QED) is 0.0597. The van der Waals surface area contributed by atoms with Gasteiger partial charge < -0.3 is 77.9 Å². The Kier molecular flexibility index (Phi) is 28.6. The van der Waals surface area contributed by atoms with E-state index in [1.165, 1.54) is 34.0 Å². The lowest BCUT2D eigenvalue weighted by molar-refractivity contribution is 0.0418. The van der Waals surface area contributed by atoms with Crippen molar-refractivity contribution < 1.29 is 56.5 Å². The van der Waals surface area contributed by atoms with Crippen molar-refractivity contribution in [3.63, 3.8) is 0 Å². The largest absolute Gasteiger partial charge is 0.497 e. The highest BCUT2D eigenvalue weighted by Crippen LogP contribution is 2.56. The summed E-state index contributed by atoms with van der Waals surface area (Å²) >= 11 is 25.4. The number of pyridine rings is 3. The van der Waals surface area contributed by atoms with Crippen molar-refractivity contribution in [1.82, 2.24) is 75.1 Å². The number of benzene rings is 5. The van der Waals surface area contributed by atoms with E-state index < -0.39 is 23.4 Å². The van der Waals surface area contributed by atoms with Crippen LogP contribution in [-0.4, -0.2) is 169 Å². The molecule has 3 atom stereocenters. The molecule has 39 heteroatoms. The molecule has 3 spiro atoms. The molecule has 2 amide bonds. The molecule has 4 N–H and O–H groups in total. The number of rotatable bonds is 16. The average molecular weight is 1970 g/mol. The van der Waals surface area contributed by atoms with Gasteiger partial charge in [0, 0.05) is 92.9 Å². The number of nitrogens with one attached hydrogen (secondary N) is 2. The summed E-state index contributed by atoms with van der Waals surface area (Å²) in [6.07, 6.45) is 17.8. The highest BCUT2D eigenvalue weighted by atomic mass is 35.5. The number of piperidine rings is 3. The van der Waals surface area contributed by atoms with Crippen molar-refractivity contribution in [2.45, 2.75) is 183 Å². The molecule has 8 aliphatic rings. The van der Waals surface area contributed by atoms with E-state index in [-0.39, 0.29) is 71.8 Å². The van der Waals surface area contributed by atoms with Crippen LogP contribution in [0.3, 0.4) is 0 Å². The fourth-order valence-electron chi connectivity index (χ4n) is 20.0. The third-order valence-corrected chi connectivity index (χ3v) is 28.7. The van der Waals surface area contributed by atoms with Gasteiger partial charge in [-0.3, -0.25) is 9.97 Å². The Morgan fingerprint density at radius 1 is 0.471 bits per heavy atom. The van der Waals surface area contributed by atoms with Crippen molar-refractivity contribution in [3.05, 3.63) is 264 Å². The number of hydrogen-bond donors (Lipinski definition) is 3. The van der Waals surface area contributed by atoms with Crippen LogP contribution in [0.15, 0.2) is 182 Å². The van der Waals surface area contributed by atoms with Crippen LogP contribution >= 0.6 is 46.4 Å². The molecular formula is C101H111B3Cl4N20O12. The third-order valence-electron chi connectivity index (χ3n) is 27.0. The highest BCUT2D eigenvalue weighted by molar-refractivity contribution is 6.72. The standard InChI is InChI=1S/C37H40ClN7O4.C36H37Cl2N7O4.C25H25ClN6O.C3H9B3O3/c1-23-30(38)28(14-17-39-23)48-34-31-33(45(43-34)22-24-10-12-26(47-5)13-11-24)41-29(21-40-31)44-18-15-37(16-19-44)20-25-8-6-7-9-27(25)32(37)42-35(46)49-36(2,3)4;1-35(2,3)49-34(46)42-30-25-8-6-5-7-23(25)19-36(30)14-17-44(18-15-36)27-20-40-29-32(41-27)45(21-22-9-11-24(47-4)12-10-22)43-33(29)48-26-13-16-39-31(38)28(26)37;1-15-21(26)19(6-9-28-15)33-24-22-18(13-30-24)31-20(14-29-22)32-10-7-25(8-11-32)12-16-4-2-3-5-17(16)23(25)27;1-4-7-5(2)9-6(3)8-4/h6-14,17,21,32H,15-16,18-20,22H2,1-5H3,(H,42,46);5-13,16,20,30H,14-15,17-19,21H2,1-4H3,(H,42,46);2-6,9,14,23H,7-8,10-13,27H2,1H3;1-3H3/t32-;30-;23-;/m111./s1. The Labute approximate surface area is 834 Å². The molecule has 8 aromatic heterocycles. The van der Waals surface area contributed by atoms with Crippen LogP contribution in [0.25, 0.3) is 22.3 Å². The zero-order valence-corrected chi connectivity index (χ0v) is 83.5. The lowest BCUT2D eigenvalue weighted by atomic mass is 9.72. The Morgan fingerprint density at radius 3 is 1.28 bits per heavy atom. The van der Waals surface area contributed by atoms with Gasteiger partial charge in [-0.2, -0.15) is 0 Å². The summed E-state index contributed by atoms with van der Waals surface area (Å²) < 4.78 is 59.3. The first-order valence-electron chi connectivity index (χ1n) is 47.1. The van der Waals surface area contributed by atoms with E-state index in [0.717, 1.165) is 148 Å². The number of carbonyl (C=O) groups is 2. The van der Waals surface area contributed by atoms with E-state index in [4.69, 9.17) is 134 Å². The topological polar surface area (TPSA) is 350 Å². The Morgan fingerprint density at radius 2 is 0.850 bits per heavy atom. The molecule has 32 nitrogen and oxygen atoms in total. The normalized spacial score (nSPS) is 18.0. The number of ether oxygens (including phenoxy) is 7. The number of methoxy groups -OCH3 is 2. The fraction of sp³-hybridized carbons (Fsp3) is 0.386. The van der Waals surface area contributed by atoms with Gasteiger partial charge in [-0.1, -0.05) is 143 Å². The number of fused-ring (bicyclic) bond motifs is 6. The summed E-state index contributed by atoms with van der Waals surface area (Å²) in [5.41, 5.74) is 20.1. The molecule has 5 aromatic carbocycles. The van der Waals surface area contributed by atoms with Crippen molar-refractivity contribution >= 4 is 126 Å². The number of nitrogens with zero attached hydrogens (tertiary/aromatic N) is 17. The number of carbonyl (C=O) groups excluding carboxylic acids is 2. The number of aryl methyl sites for hydroxylation is 2. The summed E-state index contributed by atoms with van der Waals surface area (Å²) in [4.78, 5) is 79.2. The highest BCUT2D eigenvalue weighted by Gasteiger charge is 2.52. The molecule has 21 rings (SSSR count). The molecule has 4 fully saturated rings. The van der Waals surface area contributed by atoms with Crippen LogP contribution in [0.5, 0.6) is 40.5 Å². The summed E-state index contributed by atoms with van der Waals surface area (Å²) in [5, 5.41) is 17.3.